The zero-order valence-corrected chi connectivity index (χ0v) is 14.9. The number of aromatic carboxylic acids is 1. The van der Waals surface area contributed by atoms with Crippen LogP contribution in [0.15, 0.2) is 29.1 Å². The Bertz CT molecular complexity index is 912. The number of carboxylic acids is 1. The van der Waals surface area contributed by atoms with Crippen molar-refractivity contribution in [3.8, 4) is 11.4 Å². The maximum Gasteiger partial charge on any atom is 0.341 e. The van der Waals surface area contributed by atoms with Crippen LogP contribution in [0.3, 0.4) is 0 Å². The Labute approximate surface area is 148 Å². The van der Waals surface area contributed by atoms with Crippen LogP contribution in [-0.4, -0.2) is 33.7 Å². The largest absolute Gasteiger partial charge is 0.495 e. The van der Waals surface area contributed by atoms with Crippen LogP contribution in [-0.2, 0) is 0 Å². The van der Waals surface area contributed by atoms with Crippen molar-refractivity contribution >= 4 is 23.4 Å². The van der Waals surface area contributed by atoms with Crippen LogP contribution in [0.1, 0.15) is 41.6 Å². The minimum atomic E-state index is -1.44. The Morgan fingerprint density at radius 2 is 1.88 bits per heavy atom. The topological polar surface area (TPSA) is 98.5 Å². The summed E-state index contributed by atoms with van der Waals surface area (Å²) in [6, 6.07) is 5.42. The van der Waals surface area contributed by atoms with E-state index in [2.05, 4.69) is 5.10 Å². The lowest BCUT2D eigenvalue weighted by molar-refractivity contribution is 0.0694. The Morgan fingerprint density at radius 3 is 2.36 bits per heavy atom. The number of carboxylic acid groups (broad SMARTS) is 1. The Kier molecular flexibility index (Phi) is 4.99. The summed E-state index contributed by atoms with van der Waals surface area (Å²) < 4.78 is 5.90. The van der Waals surface area contributed by atoms with E-state index in [-0.39, 0.29) is 22.2 Å². The van der Waals surface area contributed by atoms with E-state index in [4.69, 9.17) is 16.3 Å². The van der Waals surface area contributed by atoms with E-state index in [1.807, 2.05) is 0 Å². The van der Waals surface area contributed by atoms with Crippen molar-refractivity contribution < 1.29 is 19.4 Å². The van der Waals surface area contributed by atoms with Gasteiger partial charge in [0.15, 0.2) is 5.78 Å². The van der Waals surface area contributed by atoms with E-state index in [1.165, 1.54) is 25.3 Å². The van der Waals surface area contributed by atoms with Crippen LogP contribution in [0.2, 0.25) is 5.02 Å². The molecule has 7 nitrogen and oxygen atoms in total. The minimum absolute atomic E-state index is 0.114. The van der Waals surface area contributed by atoms with Gasteiger partial charge in [0.1, 0.15) is 17.0 Å². The van der Waals surface area contributed by atoms with Crippen LogP contribution < -0.4 is 10.3 Å². The molecule has 8 heteroatoms. The molecule has 1 N–H and O–H groups in total. The first-order valence-electron chi connectivity index (χ1n) is 7.32. The number of carbonyl (C=O) groups excluding carboxylic acids is 1. The lowest BCUT2D eigenvalue weighted by Gasteiger charge is -2.17. The van der Waals surface area contributed by atoms with E-state index < -0.39 is 22.5 Å². The molecule has 0 bridgehead atoms. The zero-order chi connectivity index (χ0) is 18.9. The number of halogens is 1. The van der Waals surface area contributed by atoms with Crippen LogP contribution in [0.25, 0.3) is 5.69 Å². The molecule has 0 fully saturated rings. The molecule has 2 aromatic rings. The monoisotopic (exact) mass is 364 g/mol. The van der Waals surface area contributed by atoms with Gasteiger partial charge in [-0.25, -0.2) is 4.79 Å². The van der Waals surface area contributed by atoms with Gasteiger partial charge in [-0.15, -0.1) is 0 Å². The molecule has 0 radical (unpaired) electrons. The number of carbonyl (C=O) groups is 2. The van der Waals surface area contributed by atoms with Gasteiger partial charge in [-0.05, 0) is 24.3 Å². The van der Waals surface area contributed by atoms with Crippen molar-refractivity contribution in [2.45, 2.75) is 20.8 Å². The van der Waals surface area contributed by atoms with Gasteiger partial charge >= 0.3 is 5.97 Å². The highest BCUT2D eigenvalue weighted by Crippen LogP contribution is 2.26. The molecule has 0 atom stereocenters. The number of hydrogen-bond donors (Lipinski definition) is 1. The van der Waals surface area contributed by atoms with Gasteiger partial charge in [-0.3, -0.25) is 9.59 Å². The first-order valence-corrected chi connectivity index (χ1v) is 7.70. The number of ketones is 1. The van der Waals surface area contributed by atoms with Crippen molar-refractivity contribution in [3.63, 3.8) is 0 Å². The molecule has 0 aliphatic rings. The van der Waals surface area contributed by atoms with Crippen LogP contribution in [0.4, 0.5) is 0 Å². The van der Waals surface area contributed by atoms with E-state index in [9.17, 15) is 19.5 Å². The summed E-state index contributed by atoms with van der Waals surface area (Å²) >= 11 is 6.06. The fourth-order valence-corrected chi connectivity index (χ4v) is 2.36. The Hall–Kier alpha value is -2.67. The number of aromatic nitrogens is 2. The highest BCUT2D eigenvalue weighted by Gasteiger charge is 2.27. The molecular formula is C17H17ClN2O5. The zero-order valence-electron chi connectivity index (χ0n) is 14.2. The third-order valence-corrected chi connectivity index (χ3v) is 3.73. The molecule has 1 aromatic carbocycles. The quantitative estimate of drug-likeness (QED) is 0.837. The first kappa shape index (κ1) is 18.7. The molecule has 0 aliphatic carbocycles. The number of nitrogens with zero attached hydrogens (tertiary/aromatic N) is 2. The second-order valence-corrected chi connectivity index (χ2v) is 6.77. The third-order valence-electron chi connectivity index (χ3n) is 3.44. The lowest BCUT2D eigenvalue weighted by atomic mass is 9.88. The maximum atomic E-state index is 12.5. The van der Waals surface area contributed by atoms with E-state index in [0.717, 1.165) is 10.7 Å². The molecule has 1 heterocycles. The van der Waals surface area contributed by atoms with E-state index in [1.54, 1.807) is 20.8 Å². The molecular weight excluding hydrogens is 348 g/mol. The number of hydrogen-bond acceptors (Lipinski definition) is 5. The third kappa shape index (κ3) is 3.71. The summed E-state index contributed by atoms with van der Waals surface area (Å²) in [5.74, 6) is -1.44. The number of rotatable bonds is 4. The van der Waals surface area contributed by atoms with E-state index >= 15 is 0 Å². The molecule has 132 valence electrons. The fourth-order valence-electron chi connectivity index (χ4n) is 2.10. The van der Waals surface area contributed by atoms with Crippen molar-refractivity contribution in [1.82, 2.24) is 9.78 Å². The Balaban J connectivity index is 2.75. The smallest absolute Gasteiger partial charge is 0.341 e. The van der Waals surface area contributed by atoms with Crippen LogP contribution in [0.5, 0.6) is 5.75 Å². The number of ether oxygens (including phenoxy) is 1. The molecule has 0 unspecified atom stereocenters. The highest BCUT2D eigenvalue weighted by molar-refractivity contribution is 6.32. The number of Topliss-reactive ketones (excluding diaryl/α,β-unsaturated/α-hetero) is 1. The Morgan fingerprint density at radius 1 is 1.24 bits per heavy atom. The summed E-state index contributed by atoms with van der Waals surface area (Å²) in [6.45, 7) is 5.03. The number of methoxy groups -OCH3 is 1. The average Bonchev–Trinajstić information content (AvgIpc) is 2.53. The molecule has 0 spiro atoms. The molecule has 2 rings (SSSR count). The van der Waals surface area contributed by atoms with Crippen LogP contribution >= 0.6 is 11.6 Å². The molecule has 0 saturated carbocycles. The second-order valence-electron chi connectivity index (χ2n) is 6.36. The standard InChI is InChI=1S/C17H17ClN2O5/c1-17(2,3)14(21)12-8-10(16(23)24)15(22)20(19-12)9-5-6-13(25-4)11(18)7-9/h5-8H,1-4H3,(H,23,24). The predicted octanol–water partition coefficient (Wildman–Crippen LogP) is 2.82. The summed E-state index contributed by atoms with van der Waals surface area (Å²) in [5.41, 5.74) is -2.09. The first-order chi connectivity index (χ1) is 11.6. The summed E-state index contributed by atoms with van der Waals surface area (Å²) in [4.78, 5) is 36.3. The van der Waals surface area contributed by atoms with Crippen molar-refractivity contribution in [1.29, 1.82) is 0 Å². The van der Waals surface area contributed by atoms with Gasteiger partial charge < -0.3 is 9.84 Å². The molecule has 1 aromatic heterocycles. The SMILES string of the molecule is COc1ccc(-n2nc(C(=O)C(C)(C)C)cc(C(=O)O)c2=O)cc1Cl. The molecule has 25 heavy (non-hydrogen) atoms. The van der Waals surface area contributed by atoms with Crippen molar-refractivity contribution in [3.05, 3.63) is 50.9 Å². The van der Waals surface area contributed by atoms with Crippen molar-refractivity contribution in [2.75, 3.05) is 7.11 Å². The molecule has 0 aliphatic heterocycles. The van der Waals surface area contributed by atoms with Gasteiger partial charge in [-0.1, -0.05) is 32.4 Å². The highest BCUT2D eigenvalue weighted by atomic mass is 35.5. The van der Waals surface area contributed by atoms with Gasteiger partial charge in [0, 0.05) is 5.41 Å². The number of benzene rings is 1. The van der Waals surface area contributed by atoms with Gasteiger partial charge in [-0.2, -0.15) is 9.78 Å². The van der Waals surface area contributed by atoms with Gasteiger partial charge in [0.2, 0.25) is 0 Å². The fraction of sp³-hybridized carbons (Fsp3) is 0.294. The second kappa shape index (κ2) is 6.68. The maximum absolute atomic E-state index is 12.5. The summed E-state index contributed by atoms with van der Waals surface area (Å²) in [6.07, 6.45) is 0. The summed E-state index contributed by atoms with van der Waals surface area (Å²) in [5, 5.41) is 13.5. The van der Waals surface area contributed by atoms with Crippen LogP contribution in [0, 0.1) is 5.41 Å². The normalized spacial score (nSPS) is 11.2. The van der Waals surface area contributed by atoms with Gasteiger partial charge in [0.25, 0.3) is 5.56 Å². The lowest BCUT2D eigenvalue weighted by Crippen LogP contribution is -2.31. The molecule has 0 amide bonds. The van der Waals surface area contributed by atoms with Gasteiger partial charge in [0.05, 0.1) is 17.8 Å². The van der Waals surface area contributed by atoms with E-state index in [0.29, 0.717) is 5.75 Å². The minimum Gasteiger partial charge on any atom is -0.495 e. The predicted molar refractivity (Wildman–Crippen MR) is 92.1 cm³/mol. The molecule has 0 saturated heterocycles. The van der Waals surface area contributed by atoms with Crippen molar-refractivity contribution in [2.24, 2.45) is 5.41 Å². The summed E-state index contributed by atoms with van der Waals surface area (Å²) in [7, 11) is 1.44. The average molecular weight is 365 g/mol.